The molecule has 1 atom stereocenters. The van der Waals surface area contributed by atoms with Crippen LogP contribution in [0.2, 0.25) is 6.32 Å². The average molecular weight is 127 g/mol. The molecular weight excluding hydrogens is 117 g/mol. The molecule has 0 aliphatic heterocycles. The van der Waals surface area contributed by atoms with E-state index in [9.17, 15) is 0 Å². The summed E-state index contributed by atoms with van der Waals surface area (Å²) in [6.07, 6.45) is 0.672. The van der Waals surface area contributed by atoms with Crippen molar-refractivity contribution in [1.82, 2.24) is 0 Å². The van der Waals surface area contributed by atoms with E-state index in [1.54, 1.807) is 0 Å². The molecule has 0 heterocycles. The fourth-order valence-corrected chi connectivity index (χ4v) is 0.599. The summed E-state index contributed by atoms with van der Waals surface area (Å²) in [5.74, 6) is 0.0787. The first kappa shape index (κ1) is 8.47. The van der Waals surface area contributed by atoms with Crippen molar-refractivity contribution in [2.45, 2.75) is 19.7 Å². The van der Waals surface area contributed by atoms with E-state index in [-0.39, 0.29) is 12.2 Å². The molecule has 9 heavy (non-hydrogen) atoms. The summed E-state index contributed by atoms with van der Waals surface area (Å²) >= 11 is 0. The lowest BCUT2D eigenvalue weighted by atomic mass is 9.78. The zero-order chi connectivity index (χ0) is 7.28. The van der Waals surface area contributed by atoms with Crippen molar-refractivity contribution in [1.29, 1.82) is 5.26 Å². The highest BCUT2D eigenvalue weighted by molar-refractivity contribution is 6.41. The zero-order valence-electron chi connectivity index (χ0n) is 5.41. The maximum atomic E-state index is 8.40. The van der Waals surface area contributed by atoms with Gasteiger partial charge >= 0.3 is 7.12 Å². The van der Waals surface area contributed by atoms with Gasteiger partial charge in [0.2, 0.25) is 0 Å². The summed E-state index contributed by atoms with van der Waals surface area (Å²) in [5, 5.41) is 24.9. The van der Waals surface area contributed by atoms with Crippen molar-refractivity contribution in [2.24, 2.45) is 5.92 Å². The second-order valence-corrected chi connectivity index (χ2v) is 2.18. The third-order valence-corrected chi connectivity index (χ3v) is 1.05. The lowest BCUT2D eigenvalue weighted by Gasteiger charge is -2.03. The van der Waals surface area contributed by atoms with Crippen LogP contribution in [0.5, 0.6) is 0 Å². The molecule has 0 bridgehead atoms. The van der Waals surface area contributed by atoms with Crippen LogP contribution in [0.15, 0.2) is 0 Å². The Morgan fingerprint density at radius 3 is 2.56 bits per heavy atom. The summed E-state index contributed by atoms with van der Waals surface area (Å²) in [7, 11) is -1.27. The van der Waals surface area contributed by atoms with Crippen molar-refractivity contribution >= 4 is 7.12 Å². The third kappa shape index (κ3) is 5.34. The van der Waals surface area contributed by atoms with E-state index in [4.69, 9.17) is 15.3 Å². The normalized spacial score (nSPS) is 12.2. The zero-order valence-corrected chi connectivity index (χ0v) is 5.41. The average Bonchev–Trinajstić information content (AvgIpc) is 1.63. The lowest BCUT2D eigenvalue weighted by Crippen LogP contribution is -2.14. The fraction of sp³-hybridized carbons (Fsp3) is 0.800. The number of nitrogens with zero attached hydrogens (tertiary/aromatic N) is 1. The summed E-state index contributed by atoms with van der Waals surface area (Å²) < 4.78 is 0. The predicted molar refractivity (Wildman–Crippen MR) is 34.4 cm³/mol. The number of hydrogen-bond acceptors (Lipinski definition) is 3. The van der Waals surface area contributed by atoms with Gasteiger partial charge in [0, 0.05) is 6.42 Å². The van der Waals surface area contributed by atoms with Gasteiger partial charge in [-0.25, -0.2) is 0 Å². The van der Waals surface area contributed by atoms with E-state index in [0.717, 1.165) is 0 Å². The molecule has 0 aromatic heterocycles. The van der Waals surface area contributed by atoms with Crippen LogP contribution in [-0.2, 0) is 0 Å². The van der Waals surface area contributed by atoms with Crippen LogP contribution in [0.25, 0.3) is 0 Å². The summed E-state index contributed by atoms with van der Waals surface area (Å²) in [5.41, 5.74) is 0. The minimum Gasteiger partial charge on any atom is -0.427 e. The van der Waals surface area contributed by atoms with Gasteiger partial charge in [0.1, 0.15) is 0 Å². The molecule has 0 spiro atoms. The van der Waals surface area contributed by atoms with Crippen LogP contribution < -0.4 is 0 Å². The first-order valence-electron chi connectivity index (χ1n) is 2.90. The standard InChI is InChI=1S/C5H10BNO2/c1-5(2-3-7)4-6(8)9/h5,8-9H,2,4H2,1H3/t5-/m1/s1. The topological polar surface area (TPSA) is 64.2 Å². The van der Waals surface area contributed by atoms with Gasteiger partial charge in [-0.3, -0.25) is 0 Å². The maximum Gasteiger partial charge on any atom is 0.451 e. The molecule has 0 saturated carbocycles. The highest BCUT2D eigenvalue weighted by atomic mass is 16.4. The van der Waals surface area contributed by atoms with E-state index in [1.807, 2.05) is 13.0 Å². The second-order valence-electron chi connectivity index (χ2n) is 2.18. The van der Waals surface area contributed by atoms with Crippen LogP contribution in [-0.4, -0.2) is 17.2 Å². The van der Waals surface area contributed by atoms with Crippen LogP contribution in [0.3, 0.4) is 0 Å². The van der Waals surface area contributed by atoms with E-state index >= 15 is 0 Å². The Hall–Kier alpha value is -0.525. The van der Waals surface area contributed by atoms with E-state index < -0.39 is 7.12 Å². The predicted octanol–water partition coefficient (Wildman–Crippen LogP) is 0.00898. The molecule has 4 heteroatoms. The van der Waals surface area contributed by atoms with Gasteiger partial charge in [-0.05, 0) is 12.2 Å². The molecule has 0 aromatic rings. The Labute approximate surface area is 55.1 Å². The Balaban J connectivity index is 3.29. The SMILES string of the molecule is C[C@H](CC#N)CB(O)O. The monoisotopic (exact) mass is 127 g/mol. The highest BCUT2D eigenvalue weighted by Gasteiger charge is 2.11. The van der Waals surface area contributed by atoms with Crippen LogP contribution in [0.1, 0.15) is 13.3 Å². The first-order valence-corrected chi connectivity index (χ1v) is 2.90. The minimum absolute atomic E-state index is 0.0787. The molecule has 0 aromatic carbocycles. The molecule has 3 nitrogen and oxygen atoms in total. The Bertz CT molecular complexity index is 110. The van der Waals surface area contributed by atoms with Crippen LogP contribution >= 0.6 is 0 Å². The van der Waals surface area contributed by atoms with Gasteiger partial charge in [0.15, 0.2) is 0 Å². The summed E-state index contributed by atoms with van der Waals surface area (Å²) in [4.78, 5) is 0. The summed E-state index contributed by atoms with van der Waals surface area (Å²) in [6, 6.07) is 1.95. The lowest BCUT2D eigenvalue weighted by molar-refractivity contribution is 0.391. The quantitative estimate of drug-likeness (QED) is 0.524. The second kappa shape index (κ2) is 4.36. The van der Waals surface area contributed by atoms with Gasteiger partial charge < -0.3 is 10.0 Å². The number of rotatable bonds is 3. The Morgan fingerprint density at radius 2 is 2.22 bits per heavy atom. The smallest absolute Gasteiger partial charge is 0.427 e. The van der Waals surface area contributed by atoms with Crippen molar-refractivity contribution in [3.8, 4) is 6.07 Å². The van der Waals surface area contributed by atoms with Crippen LogP contribution in [0.4, 0.5) is 0 Å². The Kier molecular flexibility index (Phi) is 4.11. The van der Waals surface area contributed by atoms with Gasteiger partial charge in [-0.15, -0.1) is 0 Å². The van der Waals surface area contributed by atoms with Crippen molar-refractivity contribution in [3.63, 3.8) is 0 Å². The van der Waals surface area contributed by atoms with E-state index in [2.05, 4.69) is 0 Å². The molecule has 50 valence electrons. The molecule has 0 rings (SSSR count). The molecule has 0 saturated heterocycles. The molecule has 2 N–H and O–H groups in total. The highest BCUT2D eigenvalue weighted by Crippen LogP contribution is 2.07. The molecule has 0 amide bonds. The van der Waals surface area contributed by atoms with Crippen molar-refractivity contribution < 1.29 is 10.0 Å². The molecule has 0 radical (unpaired) electrons. The van der Waals surface area contributed by atoms with Crippen molar-refractivity contribution in [3.05, 3.63) is 0 Å². The largest absolute Gasteiger partial charge is 0.451 e. The fourth-order valence-electron chi connectivity index (χ4n) is 0.599. The van der Waals surface area contributed by atoms with Gasteiger partial charge in [0.25, 0.3) is 0 Å². The van der Waals surface area contributed by atoms with Crippen LogP contribution in [0, 0.1) is 17.2 Å². The minimum atomic E-state index is -1.27. The van der Waals surface area contributed by atoms with E-state index in [1.165, 1.54) is 0 Å². The third-order valence-electron chi connectivity index (χ3n) is 1.05. The first-order chi connectivity index (χ1) is 4.16. The van der Waals surface area contributed by atoms with Crippen molar-refractivity contribution in [2.75, 3.05) is 0 Å². The Morgan fingerprint density at radius 1 is 1.67 bits per heavy atom. The molecule has 0 unspecified atom stereocenters. The number of hydrogen-bond donors (Lipinski definition) is 2. The molecule has 0 fully saturated rings. The summed E-state index contributed by atoms with van der Waals surface area (Å²) in [6.45, 7) is 1.81. The maximum absolute atomic E-state index is 8.40. The molecular formula is C5H10BNO2. The van der Waals surface area contributed by atoms with Gasteiger partial charge in [-0.1, -0.05) is 6.92 Å². The van der Waals surface area contributed by atoms with Gasteiger partial charge in [0.05, 0.1) is 6.07 Å². The molecule has 0 aliphatic carbocycles. The number of nitriles is 1. The van der Waals surface area contributed by atoms with Gasteiger partial charge in [-0.2, -0.15) is 5.26 Å². The van der Waals surface area contributed by atoms with E-state index in [0.29, 0.717) is 6.42 Å². The molecule has 0 aliphatic rings.